The smallest absolute Gasteiger partial charge is 0.315 e. The molecule has 15 heavy (non-hydrogen) atoms. The monoisotopic (exact) mass is 205 g/mol. The molecule has 1 aliphatic carbocycles. The van der Waals surface area contributed by atoms with E-state index in [4.69, 9.17) is 4.74 Å². The Hall–Kier alpha value is -1.38. The minimum absolute atomic E-state index is 0.153. The summed E-state index contributed by atoms with van der Waals surface area (Å²) in [4.78, 5) is 16.0. The highest BCUT2D eigenvalue weighted by Gasteiger charge is 2.39. The fourth-order valence-electron chi connectivity index (χ4n) is 1.91. The van der Waals surface area contributed by atoms with Crippen LogP contribution in [-0.2, 0) is 9.53 Å². The molecule has 1 aromatic heterocycles. The second-order valence-electron chi connectivity index (χ2n) is 4.04. The van der Waals surface area contributed by atoms with E-state index >= 15 is 0 Å². The zero-order valence-corrected chi connectivity index (χ0v) is 9.06. The fraction of sp³-hybridized carbons (Fsp3) is 0.500. The Labute approximate surface area is 89.5 Å². The van der Waals surface area contributed by atoms with Crippen LogP contribution in [0.4, 0.5) is 0 Å². The van der Waals surface area contributed by atoms with Crippen LogP contribution < -0.4 is 0 Å². The lowest BCUT2D eigenvalue weighted by molar-refractivity contribution is -0.143. The second-order valence-corrected chi connectivity index (χ2v) is 4.04. The molecular formula is C12H15NO2. The van der Waals surface area contributed by atoms with E-state index in [0.717, 1.165) is 24.1 Å². The van der Waals surface area contributed by atoms with Crippen molar-refractivity contribution in [3.63, 3.8) is 0 Å². The Morgan fingerprint density at radius 1 is 1.60 bits per heavy atom. The van der Waals surface area contributed by atoms with E-state index in [1.54, 1.807) is 6.20 Å². The first-order valence-corrected chi connectivity index (χ1v) is 5.23. The molecule has 80 valence electrons. The summed E-state index contributed by atoms with van der Waals surface area (Å²) in [5.74, 6) is 0.126. The molecule has 0 aromatic carbocycles. The Balaban J connectivity index is 2.32. The lowest BCUT2D eigenvalue weighted by Gasteiger charge is -2.14. The summed E-state index contributed by atoms with van der Waals surface area (Å²) in [7, 11) is 1.44. The quantitative estimate of drug-likeness (QED) is 0.709. The van der Waals surface area contributed by atoms with Gasteiger partial charge in [-0.05, 0) is 37.3 Å². The van der Waals surface area contributed by atoms with Gasteiger partial charge in [0.25, 0.3) is 0 Å². The number of ether oxygens (including phenoxy) is 1. The van der Waals surface area contributed by atoms with Crippen LogP contribution in [0.3, 0.4) is 0 Å². The highest BCUT2D eigenvalue weighted by molar-refractivity contribution is 5.78. The zero-order valence-electron chi connectivity index (χ0n) is 9.06. The summed E-state index contributed by atoms with van der Waals surface area (Å²) >= 11 is 0. The van der Waals surface area contributed by atoms with Gasteiger partial charge in [0.2, 0.25) is 0 Å². The molecule has 3 heteroatoms. The molecule has 1 heterocycles. The molecule has 3 nitrogen and oxygen atoms in total. The fourth-order valence-corrected chi connectivity index (χ4v) is 1.91. The maximum Gasteiger partial charge on any atom is 0.315 e. The first-order valence-electron chi connectivity index (χ1n) is 5.23. The van der Waals surface area contributed by atoms with Crippen LogP contribution in [0, 0.1) is 12.8 Å². The normalized spacial score (nSPS) is 17.2. The molecule has 0 N–H and O–H groups in total. The molecule has 0 amide bonds. The number of aromatic nitrogens is 1. The van der Waals surface area contributed by atoms with Gasteiger partial charge in [0, 0.05) is 6.20 Å². The van der Waals surface area contributed by atoms with Gasteiger partial charge < -0.3 is 4.74 Å². The number of carbonyl (C=O) groups excluding carboxylic acids is 1. The average Bonchev–Trinajstić information content (AvgIpc) is 3.05. The van der Waals surface area contributed by atoms with E-state index in [-0.39, 0.29) is 11.9 Å². The third-order valence-electron chi connectivity index (χ3n) is 2.89. The van der Waals surface area contributed by atoms with Crippen LogP contribution in [0.5, 0.6) is 0 Å². The van der Waals surface area contributed by atoms with Gasteiger partial charge in [0.15, 0.2) is 0 Å². The Bertz CT molecular complexity index is 372. The number of methoxy groups -OCH3 is 1. The molecule has 1 saturated carbocycles. The third-order valence-corrected chi connectivity index (χ3v) is 2.89. The van der Waals surface area contributed by atoms with E-state index in [1.807, 2.05) is 19.1 Å². The van der Waals surface area contributed by atoms with Gasteiger partial charge in [0.1, 0.15) is 5.92 Å². The third kappa shape index (κ3) is 2.01. The van der Waals surface area contributed by atoms with Crippen LogP contribution in [0.2, 0.25) is 0 Å². The first-order chi connectivity index (χ1) is 7.24. The Morgan fingerprint density at radius 2 is 2.33 bits per heavy atom. The minimum atomic E-state index is -0.156. The highest BCUT2D eigenvalue weighted by Crippen LogP contribution is 2.43. The second kappa shape index (κ2) is 4.01. The van der Waals surface area contributed by atoms with Gasteiger partial charge >= 0.3 is 5.97 Å². The van der Waals surface area contributed by atoms with Gasteiger partial charge in [-0.3, -0.25) is 9.78 Å². The van der Waals surface area contributed by atoms with Crippen molar-refractivity contribution in [2.75, 3.05) is 7.11 Å². The van der Waals surface area contributed by atoms with Crippen LogP contribution in [0.25, 0.3) is 0 Å². The van der Waals surface area contributed by atoms with Crippen molar-refractivity contribution in [3.8, 4) is 0 Å². The van der Waals surface area contributed by atoms with Crippen LogP contribution in [0.1, 0.15) is 30.0 Å². The van der Waals surface area contributed by atoms with Crippen molar-refractivity contribution < 1.29 is 9.53 Å². The number of aryl methyl sites for hydroxylation is 1. The molecule has 1 fully saturated rings. The maximum absolute atomic E-state index is 11.7. The lowest BCUT2D eigenvalue weighted by atomic mass is 9.96. The topological polar surface area (TPSA) is 39.2 Å². The SMILES string of the molecule is COC(=O)C(c1ncccc1C)C1CC1. The Kier molecular flexibility index (Phi) is 2.71. The Morgan fingerprint density at radius 3 is 2.87 bits per heavy atom. The molecule has 1 aromatic rings. The van der Waals surface area contributed by atoms with E-state index in [2.05, 4.69) is 4.98 Å². The summed E-state index contributed by atoms with van der Waals surface area (Å²) in [6, 6.07) is 3.88. The van der Waals surface area contributed by atoms with Gasteiger partial charge in [-0.15, -0.1) is 0 Å². The number of hydrogen-bond acceptors (Lipinski definition) is 3. The lowest BCUT2D eigenvalue weighted by Crippen LogP contribution is -2.18. The van der Waals surface area contributed by atoms with E-state index in [0.29, 0.717) is 5.92 Å². The predicted octanol–water partition coefficient (Wildman–Crippen LogP) is 2.06. The summed E-state index contributed by atoms with van der Waals surface area (Å²) in [6.07, 6.45) is 3.95. The number of esters is 1. The number of nitrogens with zero attached hydrogens (tertiary/aromatic N) is 1. The van der Waals surface area contributed by atoms with E-state index in [9.17, 15) is 4.79 Å². The van der Waals surface area contributed by atoms with Crippen molar-refractivity contribution in [2.24, 2.45) is 5.92 Å². The van der Waals surface area contributed by atoms with Crippen molar-refractivity contribution in [3.05, 3.63) is 29.6 Å². The van der Waals surface area contributed by atoms with Crippen LogP contribution in [-0.4, -0.2) is 18.1 Å². The number of rotatable bonds is 3. The summed E-state index contributed by atoms with van der Waals surface area (Å²) in [5.41, 5.74) is 1.95. The molecular weight excluding hydrogens is 190 g/mol. The highest BCUT2D eigenvalue weighted by atomic mass is 16.5. The average molecular weight is 205 g/mol. The van der Waals surface area contributed by atoms with Gasteiger partial charge in [0.05, 0.1) is 12.8 Å². The number of carbonyl (C=O) groups is 1. The van der Waals surface area contributed by atoms with Crippen molar-refractivity contribution in [1.29, 1.82) is 0 Å². The molecule has 1 atom stereocenters. The van der Waals surface area contributed by atoms with Crippen LogP contribution >= 0.6 is 0 Å². The van der Waals surface area contributed by atoms with Crippen molar-refractivity contribution in [2.45, 2.75) is 25.7 Å². The standard InChI is InChI=1S/C12H15NO2/c1-8-4-3-7-13-11(8)10(9-5-6-9)12(14)15-2/h3-4,7,9-10H,5-6H2,1-2H3. The molecule has 0 radical (unpaired) electrons. The number of hydrogen-bond donors (Lipinski definition) is 0. The van der Waals surface area contributed by atoms with Crippen LogP contribution in [0.15, 0.2) is 18.3 Å². The molecule has 1 aliphatic rings. The van der Waals surface area contributed by atoms with Crippen molar-refractivity contribution >= 4 is 5.97 Å². The molecule has 2 rings (SSSR count). The van der Waals surface area contributed by atoms with Gasteiger partial charge in [-0.2, -0.15) is 0 Å². The number of pyridine rings is 1. The molecule has 0 aliphatic heterocycles. The summed E-state index contributed by atoms with van der Waals surface area (Å²) in [6.45, 7) is 1.99. The van der Waals surface area contributed by atoms with Gasteiger partial charge in [-0.1, -0.05) is 6.07 Å². The minimum Gasteiger partial charge on any atom is -0.468 e. The molecule has 0 saturated heterocycles. The zero-order chi connectivity index (χ0) is 10.8. The molecule has 0 spiro atoms. The van der Waals surface area contributed by atoms with Crippen molar-refractivity contribution in [1.82, 2.24) is 4.98 Å². The molecule has 1 unspecified atom stereocenters. The predicted molar refractivity (Wildman–Crippen MR) is 56.5 cm³/mol. The van der Waals surface area contributed by atoms with E-state index < -0.39 is 0 Å². The summed E-state index contributed by atoms with van der Waals surface area (Å²) < 4.78 is 4.84. The molecule has 0 bridgehead atoms. The van der Waals surface area contributed by atoms with E-state index in [1.165, 1.54) is 7.11 Å². The summed E-state index contributed by atoms with van der Waals surface area (Å²) in [5, 5.41) is 0. The first kappa shape index (κ1) is 10.1. The maximum atomic E-state index is 11.7. The largest absolute Gasteiger partial charge is 0.468 e. The van der Waals surface area contributed by atoms with Gasteiger partial charge in [-0.25, -0.2) is 0 Å².